The Morgan fingerprint density at radius 2 is 0.844 bits per heavy atom. The van der Waals surface area contributed by atoms with Crippen LogP contribution in [0.3, 0.4) is 0 Å². The smallest absolute Gasteiger partial charge is 0.229 e. The molecule has 0 fully saturated rings. The minimum atomic E-state index is 0.460. The van der Waals surface area contributed by atoms with Crippen molar-refractivity contribution >= 4 is 48.7 Å². The average Bonchev–Trinajstić information content (AvgIpc) is 3.22. The first-order valence-electron chi connectivity index (χ1n) is 11.4. The maximum Gasteiger partial charge on any atom is 0.229 e. The summed E-state index contributed by atoms with van der Waals surface area (Å²) in [5.41, 5.74) is 8.05. The van der Waals surface area contributed by atoms with Crippen LogP contribution in [0, 0.1) is 6.67 Å². The maximum absolute atomic E-state index is 3.66. The van der Waals surface area contributed by atoms with E-state index >= 15 is 0 Å². The lowest BCUT2D eigenvalue weighted by atomic mass is 9.91. The van der Waals surface area contributed by atoms with Crippen molar-refractivity contribution in [2.45, 2.75) is 79.1 Å². The zero-order valence-corrected chi connectivity index (χ0v) is 24.8. The minimum absolute atomic E-state index is 0.460. The Labute approximate surface area is 214 Å². The molecule has 3 rings (SSSR count). The summed E-state index contributed by atoms with van der Waals surface area (Å²) in [7, 11) is 0. The van der Waals surface area contributed by atoms with Gasteiger partial charge in [0.15, 0.2) is 0 Å². The van der Waals surface area contributed by atoms with Crippen molar-refractivity contribution in [3.05, 3.63) is 77.7 Å². The third kappa shape index (κ3) is 6.30. The summed E-state index contributed by atoms with van der Waals surface area (Å²) in [6.45, 7) is 22.5. The van der Waals surface area contributed by atoms with E-state index in [0.717, 1.165) is 0 Å². The van der Waals surface area contributed by atoms with Gasteiger partial charge in [-0.15, -0.1) is 30.6 Å². The molecule has 0 saturated carbocycles. The van der Waals surface area contributed by atoms with Crippen molar-refractivity contribution in [1.29, 1.82) is 0 Å². The standard InChI is InChI=1S/C27H36N2.Br2Si/c1-18(2)22-11-9-12-23(19(3)4)26(22)28-15-16-29(17-28)27-24(20(5)6)13-10-14-25(27)21(7)8;1-3-2/h9-16,18-21H,1-8H3;. The quantitative estimate of drug-likeness (QED) is 0.250. The summed E-state index contributed by atoms with van der Waals surface area (Å²) in [5, 5.41) is 0. The summed E-state index contributed by atoms with van der Waals surface area (Å²) in [6, 6.07) is 13.4. The van der Waals surface area contributed by atoms with Gasteiger partial charge in [-0.2, -0.15) is 0 Å². The van der Waals surface area contributed by atoms with Gasteiger partial charge < -0.3 is 9.80 Å². The number of hydrogen-bond donors (Lipinski definition) is 0. The molecule has 1 aliphatic heterocycles. The first-order valence-corrected chi connectivity index (χ1v) is 16.9. The molecule has 0 saturated heterocycles. The zero-order valence-electron chi connectivity index (χ0n) is 20.6. The lowest BCUT2D eigenvalue weighted by Crippen LogP contribution is -2.23. The van der Waals surface area contributed by atoms with Crippen molar-refractivity contribution in [3.63, 3.8) is 0 Å². The van der Waals surface area contributed by atoms with Gasteiger partial charge in [-0.3, -0.25) is 0 Å². The van der Waals surface area contributed by atoms with E-state index in [2.05, 4.69) is 151 Å². The molecule has 1 aliphatic rings. The molecule has 0 bridgehead atoms. The molecule has 2 aromatic carbocycles. The average molecular weight is 576 g/mol. The lowest BCUT2D eigenvalue weighted by Gasteiger charge is -2.29. The Kier molecular flexibility index (Phi) is 10.6. The largest absolute Gasteiger partial charge is 0.315 e. The Bertz CT molecular complexity index is 783. The first kappa shape index (κ1) is 27.2. The fourth-order valence-electron chi connectivity index (χ4n) is 4.14. The summed E-state index contributed by atoms with van der Waals surface area (Å²) in [6.07, 6.45) is 4.32. The van der Waals surface area contributed by atoms with E-state index in [1.807, 2.05) is 0 Å². The molecule has 0 aliphatic carbocycles. The predicted molar refractivity (Wildman–Crippen MR) is 150 cm³/mol. The number of anilines is 2. The molecule has 0 unspecified atom stereocenters. The fraction of sp³-hybridized carbons (Fsp3) is 0.444. The second-order valence-electron chi connectivity index (χ2n) is 9.40. The van der Waals surface area contributed by atoms with E-state index in [0.29, 0.717) is 30.4 Å². The topological polar surface area (TPSA) is 6.48 Å². The van der Waals surface area contributed by atoms with Gasteiger partial charge in [-0.1, -0.05) is 91.8 Å². The van der Waals surface area contributed by atoms with Gasteiger partial charge in [0.05, 0.1) is 11.4 Å². The molecule has 32 heavy (non-hydrogen) atoms. The summed E-state index contributed by atoms with van der Waals surface area (Å²) in [4.78, 5) is 4.40. The van der Waals surface area contributed by atoms with Crippen LogP contribution in [0.15, 0.2) is 48.8 Å². The van der Waals surface area contributed by atoms with Crippen molar-refractivity contribution in [2.75, 3.05) is 9.80 Å². The van der Waals surface area contributed by atoms with Crippen molar-refractivity contribution < 1.29 is 0 Å². The van der Waals surface area contributed by atoms with E-state index in [1.165, 1.54) is 33.6 Å². The highest BCUT2D eigenvalue weighted by Gasteiger charge is 2.27. The number of rotatable bonds is 6. The van der Waals surface area contributed by atoms with Crippen LogP contribution in [0.25, 0.3) is 0 Å². The van der Waals surface area contributed by atoms with Crippen LogP contribution in [-0.4, -0.2) is 6.76 Å². The Morgan fingerprint density at radius 1 is 0.594 bits per heavy atom. The van der Waals surface area contributed by atoms with Gasteiger partial charge in [0, 0.05) is 12.4 Å². The Balaban J connectivity index is 0.00000114. The van der Waals surface area contributed by atoms with Gasteiger partial charge in [-0.25, -0.2) is 0 Å². The van der Waals surface area contributed by atoms with Gasteiger partial charge in [0.1, 0.15) is 0 Å². The molecule has 0 amide bonds. The molecule has 172 valence electrons. The number of benzene rings is 2. The molecule has 0 N–H and O–H groups in total. The minimum Gasteiger partial charge on any atom is -0.315 e. The highest BCUT2D eigenvalue weighted by Crippen LogP contribution is 2.42. The Hall–Kier alpha value is -1.04. The summed E-state index contributed by atoms with van der Waals surface area (Å²) < 4.78 is 0. The molecule has 0 atom stereocenters. The molecular formula is C27H36Br2N2Si. The summed E-state index contributed by atoms with van der Waals surface area (Å²) in [5.74, 6) is 1.84. The third-order valence-corrected chi connectivity index (χ3v) is 5.75. The normalized spacial score (nSPS) is 13.6. The number of para-hydroxylation sites is 2. The van der Waals surface area contributed by atoms with Gasteiger partial charge >= 0.3 is 0 Å². The molecule has 4 radical (unpaired) electrons. The monoisotopic (exact) mass is 574 g/mol. The molecule has 0 spiro atoms. The highest BCUT2D eigenvalue weighted by molar-refractivity contribution is 9.47. The molecule has 2 aromatic rings. The van der Waals surface area contributed by atoms with Crippen molar-refractivity contribution in [1.82, 2.24) is 0 Å². The van der Waals surface area contributed by atoms with Crippen molar-refractivity contribution in [2.24, 2.45) is 0 Å². The summed E-state index contributed by atoms with van der Waals surface area (Å²) >= 11 is 6.18. The SMILES string of the molecule is Br[Si]Br.CC(C)c1cccc(C(C)C)c1N1[C]N(c2c(C(C)C)cccc2C(C)C)C=C1. The zero-order chi connectivity index (χ0) is 24.0. The van der Waals surface area contributed by atoms with Crippen LogP contribution in [-0.2, 0) is 0 Å². The van der Waals surface area contributed by atoms with Crippen molar-refractivity contribution in [3.8, 4) is 0 Å². The molecule has 0 aromatic heterocycles. The van der Waals surface area contributed by atoms with Crippen LogP contribution in [0.2, 0.25) is 0 Å². The van der Waals surface area contributed by atoms with E-state index in [9.17, 15) is 0 Å². The Morgan fingerprint density at radius 3 is 1.06 bits per heavy atom. The predicted octanol–water partition coefficient (Wildman–Crippen LogP) is 9.28. The molecule has 5 heteroatoms. The molecule has 2 nitrogen and oxygen atoms in total. The van der Waals surface area contributed by atoms with Gasteiger partial charge in [-0.05, 0) is 45.9 Å². The molecule has 1 heterocycles. The number of halogens is 2. The van der Waals surface area contributed by atoms with Crippen LogP contribution < -0.4 is 9.80 Å². The van der Waals surface area contributed by atoms with Crippen LogP contribution >= 0.6 is 30.6 Å². The van der Waals surface area contributed by atoms with E-state index < -0.39 is 0 Å². The molecular weight excluding hydrogens is 540 g/mol. The highest BCUT2D eigenvalue weighted by atomic mass is 79.9. The number of hydrogen-bond acceptors (Lipinski definition) is 2. The number of nitrogens with zero attached hydrogens (tertiary/aromatic N) is 2. The van der Waals surface area contributed by atoms with E-state index in [-0.39, 0.29) is 0 Å². The van der Waals surface area contributed by atoms with Crippen LogP contribution in [0.4, 0.5) is 11.4 Å². The van der Waals surface area contributed by atoms with E-state index in [1.54, 1.807) is 0 Å². The maximum atomic E-state index is 3.66. The second-order valence-corrected chi connectivity index (χ2v) is 15.1. The van der Waals surface area contributed by atoms with Gasteiger partial charge in [0.2, 0.25) is 13.4 Å². The first-order chi connectivity index (χ1) is 15.1. The van der Waals surface area contributed by atoms with Crippen LogP contribution in [0.1, 0.15) is 101 Å². The van der Waals surface area contributed by atoms with E-state index in [4.69, 9.17) is 0 Å². The van der Waals surface area contributed by atoms with Gasteiger partial charge in [0.25, 0.3) is 0 Å². The lowest BCUT2D eigenvalue weighted by molar-refractivity contribution is 0.819. The second kappa shape index (κ2) is 12.4. The van der Waals surface area contributed by atoms with Crippen LogP contribution in [0.5, 0.6) is 0 Å². The third-order valence-electron chi connectivity index (χ3n) is 5.75. The fourth-order valence-corrected chi connectivity index (χ4v) is 4.14.